The van der Waals surface area contributed by atoms with Gasteiger partial charge in [-0.1, -0.05) is 39.3 Å². The molecule has 0 aromatic heterocycles. The van der Waals surface area contributed by atoms with E-state index >= 15 is 0 Å². The molecule has 6 nitrogen and oxygen atoms in total. The summed E-state index contributed by atoms with van der Waals surface area (Å²) in [5.41, 5.74) is 0.550. The van der Waals surface area contributed by atoms with Gasteiger partial charge in [-0.25, -0.2) is 4.79 Å². The van der Waals surface area contributed by atoms with E-state index in [0.717, 1.165) is 0 Å². The summed E-state index contributed by atoms with van der Waals surface area (Å²) in [7, 11) is -1.14. The highest BCUT2D eigenvalue weighted by atomic mass is 35.5. The summed E-state index contributed by atoms with van der Waals surface area (Å²) in [6.45, 7) is 15.8. The summed E-state index contributed by atoms with van der Waals surface area (Å²) in [5.74, 6) is 0.527. The number of carbonyl (C=O) groups is 1. The maximum atomic E-state index is 11.8. The molecule has 0 saturated carbocycles. The average Bonchev–Trinajstić information content (AvgIpc) is 2.95. The molecule has 1 aliphatic rings. The van der Waals surface area contributed by atoms with Gasteiger partial charge < -0.3 is 24.5 Å². The number of nitrogens with one attached hydrogen (secondary N) is 1. The molecule has 2 rings (SSSR count). The van der Waals surface area contributed by atoms with E-state index in [2.05, 4.69) is 5.32 Å². The van der Waals surface area contributed by atoms with Gasteiger partial charge in [0.05, 0.1) is 12.7 Å². The topological polar surface area (TPSA) is 77.0 Å². The lowest BCUT2D eigenvalue weighted by molar-refractivity contribution is 0.0498. The molecule has 1 atom stereocenters. The van der Waals surface area contributed by atoms with E-state index in [1.807, 2.05) is 34.6 Å². The fourth-order valence-electron chi connectivity index (χ4n) is 2.39. The first-order chi connectivity index (χ1) is 12.7. The van der Waals surface area contributed by atoms with E-state index in [1.54, 1.807) is 32.9 Å². The lowest BCUT2D eigenvalue weighted by Gasteiger charge is -2.21. The first-order valence-electron chi connectivity index (χ1n) is 9.48. The van der Waals surface area contributed by atoms with Crippen molar-refractivity contribution in [2.75, 3.05) is 13.2 Å². The van der Waals surface area contributed by atoms with Crippen molar-refractivity contribution in [3.63, 3.8) is 0 Å². The second-order valence-corrected chi connectivity index (χ2v) is 6.57. The van der Waals surface area contributed by atoms with Crippen molar-refractivity contribution >= 4 is 30.3 Å². The van der Waals surface area contributed by atoms with E-state index in [-0.39, 0.29) is 6.54 Å². The van der Waals surface area contributed by atoms with Crippen molar-refractivity contribution < 1.29 is 23.9 Å². The van der Waals surface area contributed by atoms with Gasteiger partial charge in [-0.3, -0.25) is 0 Å². The third-order valence-electron chi connectivity index (χ3n) is 3.19. The highest BCUT2D eigenvalue weighted by Crippen LogP contribution is 2.33. The molecule has 1 amide bonds. The standard InChI is InChI=1S/C15H21BClNO5.2C2H6/c1-5-21-10-7-6-9(17)12-11(23-16(20)13(10)12)8-18-14(19)22-15(2,3)4;2*1-2/h6-7,11,20H,5,8H2,1-4H3,(H,18,19);2*1-2H3. The maximum Gasteiger partial charge on any atom is 0.495 e. The number of fused-ring (bicyclic) bond motifs is 1. The van der Waals surface area contributed by atoms with Gasteiger partial charge in [-0.15, -0.1) is 0 Å². The van der Waals surface area contributed by atoms with Gasteiger partial charge >= 0.3 is 13.2 Å². The van der Waals surface area contributed by atoms with Crippen LogP contribution in [-0.4, -0.2) is 37.0 Å². The average molecular weight is 402 g/mol. The minimum atomic E-state index is -1.14. The Kier molecular flexibility index (Phi) is 11.5. The minimum Gasteiger partial charge on any atom is -0.494 e. The third kappa shape index (κ3) is 7.60. The monoisotopic (exact) mass is 401 g/mol. The van der Waals surface area contributed by atoms with Crippen LogP contribution < -0.4 is 15.5 Å². The van der Waals surface area contributed by atoms with Crippen LogP contribution in [0.25, 0.3) is 0 Å². The molecule has 1 aromatic rings. The number of rotatable bonds is 4. The van der Waals surface area contributed by atoms with Gasteiger partial charge in [-0.2, -0.15) is 0 Å². The molecule has 0 aliphatic carbocycles. The molecular formula is C19H33BClNO5. The molecule has 1 aromatic carbocycles. The van der Waals surface area contributed by atoms with Crippen molar-refractivity contribution in [2.45, 2.75) is 67.1 Å². The molecule has 8 heteroatoms. The van der Waals surface area contributed by atoms with Crippen molar-refractivity contribution in [1.29, 1.82) is 0 Å². The van der Waals surface area contributed by atoms with Gasteiger partial charge in [0, 0.05) is 22.6 Å². The summed E-state index contributed by atoms with van der Waals surface area (Å²) < 4.78 is 16.2. The van der Waals surface area contributed by atoms with E-state index in [0.29, 0.717) is 28.4 Å². The molecular weight excluding hydrogens is 368 g/mol. The number of benzene rings is 1. The fraction of sp³-hybridized carbons (Fsp3) is 0.632. The zero-order chi connectivity index (χ0) is 21.2. The van der Waals surface area contributed by atoms with Gasteiger partial charge in [0.1, 0.15) is 11.4 Å². The van der Waals surface area contributed by atoms with Crippen LogP contribution in [0.2, 0.25) is 5.02 Å². The Morgan fingerprint density at radius 1 is 1.30 bits per heavy atom. The lowest BCUT2D eigenvalue weighted by Crippen LogP contribution is -2.35. The normalized spacial score (nSPS) is 14.9. The number of halogens is 1. The number of alkyl carbamates (subject to hydrolysis) is 1. The van der Waals surface area contributed by atoms with Crippen molar-refractivity contribution in [3.05, 3.63) is 22.7 Å². The molecule has 2 N–H and O–H groups in total. The van der Waals surface area contributed by atoms with Crippen LogP contribution >= 0.6 is 11.6 Å². The Balaban J connectivity index is 0.00000158. The van der Waals surface area contributed by atoms with E-state index in [4.69, 9.17) is 25.7 Å². The van der Waals surface area contributed by atoms with Crippen LogP contribution in [0.3, 0.4) is 0 Å². The van der Waals surface area contributed by atoms with Crippen molar-refractivity contribution in [2.24, 2.45) is 0 Å². The Morgan fingerprint density at radius 2 is 1.89 bits per heavy atom. The molecule has 1 aliphatic heterocycles. The van der Waals surface area contributed by atoms with Gasteiger partial charge in [0.25, 0.3) is 0 Å². The van der Waals surface area contributed by atoms with Gasteiger partial charge in [0.15, 0.2) is 0 Å². The van der Waals surface area contributed by atoms with E-state index in [9.17, 15) is 9.82 Å². The zero-order valence-corrected chi connectivity index (χ0v) is 18.4. The van der Waals surface area contributed by atoms with Gasteiger partial charge in [0.2, 0.25) is 0 Å². The summed E-state index contributed by atoms with van der Waals surface area (Å²) in [5, 5.41) is 13.2. The summed E-state index contributed by atoms with van der Waals surface area (Å²) in [4.78, 5) is 11.8. The van der Waals surface area contributed by atoms with Crippen LogP contribution in [0.15, 0.2) is 12.1 Å². The van der Waals surface area contributed by atoms with Crippen LogP contribution in [0, 0.1) is 0 Å². The SMILES string of the molecule is CC.CC.CCOc1ccc(Cl)c2c1B(O)OC2CNC(=O)OC(C)(C)C. The molecule has 154 valence electrons. The molecule has 1 unspecified atom stereocenters. The predicted octanol–water partition coefficient (Wildman–Crippen LogP) is 4.07. The Bertz CT molecular complexity index is 592. The summed E-state index contributed by atoms with van der Waals surface area (Å²) in [6.07, 6.45) is -1.12. The van der Waals surface area contributed by atoms with Crippen molar-refractivity contribution in [3.8, 4) is 5.75 Å². The number of carbonyl (C=O) groups excluding carboxylic acids is 1. The number of ether oxygens (including phenoxy) is 2. The summed E-state index contributed by atoms with van der Waals surface area (Å²) >= 11 is 6.23. The smallest absolute Gasteiger partial charge is 0.494 e. The molecule has 0 saturated heterocycles. The zero-order valence-electron chi connectivity index (χ0n) is 17.7. The second-order valence-electron chi connectivity index (χ2n) is 6.17. The molecule has 1 heterocycles. The van der Waals surface area contributed by atoms with Crippen LogP contribution in [0.1, 0.15) is 67.1 Å². The Hall–Kier alpha value is -1.44. The first-order valence-corrected chi connectivity index (χ1v) is 9.86. The molecule has 27 heavy (non-hydrogen) atoms. The Labute approximate surface area is 168 Å². The van der Waals surface area contributed by atoms with Crippen LogP contribution in [0.4, 0.5) is 4.79 Å². The highest BCUT2D eigenvalue weighted by Gasteiger charge is 2.40. The van der Waals surface area contributed by atoms with Gasteiger partial charge in [-0.05, 0) is 39.8 Å². The fourth-order valence-corrected chi connectivity index (χ4v) is 2.67. The highest BCUT2D eigenvalue weighted by molar-refractivity contribution is 6.63. The van der Waals surface area contributed by atoms with E-state index < -0.39 is 24.9 Å². The molecule has 0 radical (unpaired) electrons. The number of amides is 1. The number of hydrogen-bond acceptors (Lipinski definition) is 5. The van der Waals surface area contributed by atoms with Crippen LogP contribution in [-0.2, 0) is 9.39 Å². The first kappa shape index (κ1) is 25.6. The predicted molar refractivity (Wildman–Crippen MR) is 111 cm³/mol. The quantitative estimate of drug-likeness (QED) is 0.744. The second kappa shape index (κ2) is 12.1. The molecule has 0 fully saturated rings. The maximum absolute atomic E-state index is 11.8. The molecule has 0 bridgehead atoms. The summed E-state index contributed by atoms with van der Waals surface area (Å²) in [6, 6.07) is 3.38. The molecule has 0 spiro atoms. The van der Waals surface area contributed by atoms with Crippen molar-refractivity contribution in [1.82, 2.24) is 5.32 Å². The largest absolute Gasteiger partial charge is 0.495 e. The van der Waals surface area contributed by atoms with Crippen LogP contribution in [0.5, 0.6) is 5.75 Å². The minimum absolute atomic E-state index is 0.133. The third-order valence-corrected chi connectivity index (χ3v) is 3.52. The Morgan fingerprint density at radius 3 is 2.41 bits per heavy atom. The lowest BCUT2D eigenvalue weighted by atomic mass is 9.78. The number of hydrogen-bond donors (Lipinski definition) is 2. The van der Waals surface area contributed by atoms with E-state index in [1.165, 1.54) is 0 Å².